The fraction of sp³-hybridized carbons (Fsp3) is 0.500. The number of aromatic nitrogens is 2. The molecule has 0 bridgehead atoms. The SMILES string of the molecule is OCCN1CCN(Cc2c(Cl)nc3ccccn23)CC1. The second-order valence-corrected chi connectivity index (χ2v) is 5.48. The summed E-state index contributed by atoms with van der Waals surface area (Å²) in [5, 5.41) is 9.55. The molecule has 1 saturated heterocycles. The summed E-state index contributed by atoms with van der Waals surface area (Å²) >= 11 is 6.26. The Morgan fingerprint density at radius 1 is 1.15 bits per heavy atom. The van der Waals surface area contributed by atoms with Crippen LogP contribution in [0.4, 0.5) is 0 Å². The van der Waals surface area contributed by atoms with Gasteiger partial charge >= 0.3 is 0 Å². The summed E-state index contributed by atoms with van der Waals surface area (Å²) in [4.78, 5) is 9.05. The molecule has 6 heteroatoms. The van der Waals surface area contributed by atoms with Crippen LogP contribution in [0.5, 0.6) is 0 Å². The molecule has 0 radical (unpaired) electrons. The van der Waals surface area contributed by atoms with Gasteiger partial charge in [-0.3, -0.25) is 9.80 Å². The van der Waals surface area contributed by atoms with Gasteiger partial charge in [0.15, 0.2) is 5.15 Å². The molecule has 2 aromatic heterocycles. The summed E-state index contributed by atoms with van der Waals surface area (Å²) in [7, 11) is 0. The van der Waals surface area contributed by atoms with Crippen LogP contribution in [0.3, 0.4) is 0 Å². The number of nitrogens with zero attached hydrogens (tertiary/aromatic N) is 4. The van der Waals surface area contributed by atoms with Crippen molar-refractivity contribution in [2.24, 2.45) is 0 Å². The van der Waals surface area contributed by atoms with Crippen LogP contribution in [0.25, 0.3) is 5.65 Å². The number of hydrogen-bond acceptors (Lipinski definition) is 4. The van der Waals surface area contributed by atoms with Crippen LogP contribution in [0, 0.1) is 0 Å². The smallest absolute Gasteiger partial charge is 0.152 e. The molecule has 0 saturated carbocycles. The first-order valence-electron chi connectivity index (χ1n) is 6.95. The van der Waals surface area contributed by atoms with Crippen LogP contribution in [-0.2, 0) is 6.54 Å². The normalized spacial score (nSPS) is 17.9. The van der Waals surface area contributed by atoms with Gasteiger partial charge in [-0.05, 0) is 12.1 Å². The second-order valence-electron chi connectivity index (χ2n) is 5.12. The first kappa shape index (κ1) is 13.8. The Labute approximate surface area is 123 Å². The molecule has 2 aromatic rings. The number of pyridine rings is 1. The van der Waals surface area contributed by atoms with Gasteiger partial charge < -0.3 is 9.51 Å². The van der Waals surface area contributed by atoms with Crippen molar-refractivity contribution in [1.29, 1.82) is 0 Å². The van der Waals surface area contributed by atoms with Crippen LogP contribution in [0.2, 0.25) is 5.15 Å². The minimum absolute atomic E-state index is 0.235. The zero-order chi connectivity index (χ0) is 13.9. The number of halogens is 1. The van der Waals surface area contributed by atoms with Crippen molar-refractivity contribution in [3.05, 3.63) is 35.2 Å². The highest BCUT2D eigenvalue weighted by Gasteiger charge is 2.19. The summed E-state index contributed by atoms with van der Waals surface area (Å²) in [5.41, 5.74) is 1.95. The van der Waals surface area contributed by atoms with Gasteiger partial charge in [0.1, 0.15) is 5.65 Å². The fourth-order valence-electron chi connectivity index (χ4n) is 2.68. The monoisotopic (exact) mass is 294 g/mol. The largest absolute Gasteiger partial charge is 0.395 e. The van der Waals surface area contributed by atoms with E-state index in [0.29, 0.717) is 5.15 Å². The molecule has 0 aromatic carbocycles. The molecule has 1 aliphatic heterocycles. The molecule has 1 N–H and O–H groups in total. The van der Waals surface area contributed by atoms with E-state index >= 15 is 0 Å². The highest BCUT2D eigenvalue weighted by molar-refractivity contribution is 6.30. The Balaban J connectivity index is 1.70. The Morgan fingerprint density at radius 3 is 2.65 bits per heavy atom. The van der Waals surface area contributed by atoms with Crippen LogP contribution >= 0.6 is 11.6 Å². The molecule has 108 valence electrons. The van der Waals surface area contributed by atoms with E-state index in [1.54, 1.807) is 0 Å². The maximum absolute atomic E-state index is 8.96. The van der Waals surface area contributed by atoms with Crippen LogP contribution in [0.1, 0.15) is 5.69 Å². The maximum Gasteiger partial charge on any atom is 0.152 e. The Bertz CT molecular complexity index is 578. The lowest BCUT2D eigenvalue weighted by atomic mass is 10.3. The van der Waals surface area contributed by atoms with Crippen LogP contribution in [0.15, 0.2) is 24.4 Å². The zero-order valence-electron chi connectivity index (χ0n) is 11.4. The van der Waals surface area contributed by atoms with Crippen LogP contribution in [-0.4, -0.2) is 63.6 Å². The molecule has 0 amide bonds. The zero-order valence-corrected chi connectivity index (χ0v) is 12.1. The molecule has 0 atom stereocenters. The van der Waals surface area contributed by atoms with E-state index in [-0.39, 0.29) is 6.61 Å². The molecule has 1 aliphatic rings. The Morgan fingerprint density at radius 2 is 1.90 bits per heavy atom. The van der Waals surface area contributed by atoms with Gasteiger partial charge in [-0.2, -0.15) is 0 Å². The van der Waals surface area contributed by atoms with Crippen molar-refractivity contribution in [3.8, 4) is 0 Å². The van der Waals surface area contributed by atoms with Gasteiger partial charge in [0.2, 0.25) is 0 Å². The Kier molecular flexibility index (Phi) is 4.21. The molecule has 3 rings (SSSR count). The number of β-amino-alcohol motifs (C(OH)–C–C–N with tert-alkyl or cyclic N) is 1. The van der Waals surface area contributed by atoms with Crippen molar-refractivity contribution in [2.45, 2.75) is 6.54 Å². The number of imidazole rings is 1. The number of fused-ring (bicyclic) bond motifs is 1. The third-order valence-electron chi connectivity index (χ3n) is 3.83. The third-order valence-corrected chi connectivity index (χ3v) is 4.14. The summed E-state index contributed by atoms with van der Waals surface area (Å²) in [6.45, 7) is 5.80. The average Bonchev–Trinajstić information content (AvgIpc) is 2.78. The average molecular weight is 295 g/mol. The molecular weight excluding hydrogens is 276 g/mol. The third kappa shape index (κ3) is 2.81. The van der Waals surface area contributed by atoms with Gasteiger partial charge in [0, 0.05) is 45.5 Å². The quantitative estimate of drug-likeness (QED) is 0.917. The lowest BCUT2D eigenvalue weighted by Crippen LogP contribution is -2.46. The van der Waals surface area contributed by atoms with Crippen molar-refractivity contribution < 1.29 is 5.11 Å². The lowest BCUT2D eigenvalue weighted by molar-refractivity contribution is 0.107. The highest BCUT2D eigenvalue weighted by Crippen LogP contribution is 2.19. The number of aliphatic hydroxyl groups excluding tert-OH is 1. The second kappa shape index (κ2) is 6.10. The summed E-state index contributed by atoms with van der Waals surface area (Å²) in [5.74, 6) is 0. The predicted octanol–water partition coefficient (Wildman–Crippen LogP) is 1.10. The summed E-state index contributed by atoms with van der Waals surface area (Å²) in [6.07, 6.45) is 2.01. The van der Waals surface area contributed by atoms with E-state index < -0.39 is 0 Å². The van der Waals surface area contributed by atoms with Gasteiger partial charge in [-0.15, -0.1) is 0 Å². The topological polar surface area (TPSA) is 44.0 Å². The number of piperazine rings is 1. The van der Waals surface area contributed by atoms with Gasteiger partial charge in [-0.25, -0.2) is 4.98 Å². The van der Waals surface area contributed by atoms with E-state index in [9.17, 15) is 0 Å². The highest BCUT2D eigenvalue weighted by atomic mass is 35.5. The molecule has 5 nitrogen and oxygen atoms in total. The Hall–Kier alpha value is -1.14. The fourth-order valence-corrected chi connectivity index (χ4v) is 2.92. The lowest BCUT2D eigenvalue weighted by Gasteiger charge is -2.34. The van der Waals surface area contributed by atoms with E-state index in [0.717, 1.165) is 50.6 Å². The minimum Gasteiger partial charge on any atom is -0.395 e. The standard InChI is InChI=1S/C14H19ClN4O/c15-14-12(19-4-2-1-3-13(19)16-14)11-18-7-5-17(6-8-18)9-10-20/h1-4,20H,5-11H2. The molecular formula is C14H19ClN4O. The first-order valence-corrected chi connectivity index (χ1v) is 7.33. The maximum atomic E-state index is 8.96. The van der Waals surface area contributed by atoms with Crippen molar-refractivity contribution >= 4 is 17.2 Å². The van der Waals surface area contributed by atoms with Crippen molar-refractivity contribution in [2.75, 3.05) is 39.3 Å². The van der Waals surface area contributed by atoms with Gasteiger partial charge in [-0.1, -0.05) is 17.7 Å². The van der Waals surface area contributed by atoms with E-state index in [2.05, 4.69) is 19.2 Å². The van der Waals surface area contributed by atoms with Crippen LogP contribution < -0.4 is 0 Å². The predicted molar refractivity (Wildman–Crippen MR) is 79.0 cm³/mol. The van der Waals surface area contributed by atoms with E-state index in [4.69, 9.17) is 16.7 Å². The molecule has 0 spiro atoms. The van der Waals surface area contributed by atoms with Crippen molar-refractivity contribution in [1.82, 2.24) is 19.2 Å². The van der Waals surface area contributed by atoms with Gasteiger partial charge in [0.25, 0.3) is 0 Å². The summed E-state index contributed by atoms with van der Waals surface area (Å²) < 4.78 is 2.06. The van der Waals surface area contributed by atoms with Gasteiger partial charge in [0.05, 0.1) is 12.3 Å². The minimum atomic E-state index is 0.235. The van der Waals surface area contributed by atoms with E-state index in [1.165, 1.54) is 0 Å². The molecule has 0 aliphatic carbocycles. The van der Waals surface area contributed by atoms with E-state index in [1.807, 2.05) is 24.4 Å². The molecule has 3 heterocycles. The first-order chi connectivity index (χ1) is 9.78. The van der Waals surface area contributed by atoms with Crippen molar-refractivity contribution in [3.63, 3.8) is 0 Å². The number of hydrogen-bond donors (Lipinski definition) is 1. The molecule has 1 fully saturated rings. The number of aliphatic hydroxyl groups is 1. The number of rotatable bonds is 4. The summed E-state index contributed by atoms with van der Waals surface area (Å²) in [6, 6.07) is 5.93. The molecule has 0 unspecified atom stereocenters. The molecule has 20 heavy (non-hydrogen) atoms.